The molecule has 6 heteroatoms. The van der Waals surface area contributed by atoms with Gasteiger partial charge in [0.1, 0.15) is 0 Å². The van der Waals surface area contributed by atoms with Crippen LogP contribution in [0.25, 0.3) is 10.9 Å². The van der Waals surface area contributed by atoms with Gasteiger partial charge >= 0.3 is 5.97 Å². The number of para-hydroxylation sites is 1. The van der Waals surface area contributed by atoms with Gasteiger partial charge in [0, 0.05) is 28.7 Å². The highest BCUT2D eigenvalue weighted by molar-refractivity contribution is 6.31. The summed E-state index contributed by atoms with van der Waals surface area (Å²) in [6.45, 7) is 1.81. The number of carbonyl (C=O) groups excluding carboxylic acids is 2. The Hall–Kier alpha value is -2.79. The number of benzene rings is 2. The smallest absolute Gasteiger partial charge is 0.341 e. The van der Waals surface area contributed by atoms with E-state index in [0.29, 0.717) is 10.6 Å². The number of nitrogens with one attached hydrogen (secondary N) is 2. The van der Waals surface area contributed by atoms with Crippen LogP contribution in [0.3, 0.4) is 0 Å². The molecular weight excluding hydrogens is 340 g/mol. The lowest BCUT2D eigenvalue weighted by molar-refractivity contribution is -0.129. The van der Waals surface area contributed by atoms with Gasteiger partial charge in [0.2, 0.25) is 0 Å². The van der Waals surface area contributed by atoms with Gasteiger partial charge < -0.3 is 15.0 Å². The molecule has 1 heterocycles. The predicted octanol–water partition coefficient (Wildman–Crippen LogP) is 3.68. The summed E-state index contributed by atoms with van der Waals surface area (Å²) < 4.78 is 5.28. The molecular formula is C19H17ClN2O3. The van der Waals surface area contributed by atoms with Gasteiger partial charge in [-0.2, -0.15) is 0 Å². The molecule has 2 aromatic carbocycles. The quantitative estimate of drug-likeness (QED) is 0.685. The normalized spacial score (nSPS) is 11.9. The third kappa shape index (κ3) is 3.83. The van der Waals surface area contributed by atoms with Crippen LogP contribution in [0.5, 0.6) is 0 Å². The van der Waals surface area contributed by atoms with Crippen LogP contribution in [0, 0.1) is 0 Å². The van der Waals surface area contributed by atoms with Crippen molar-refractivity contribution in [2.75, 3.05) is 0 Å². The fraction of sp³-hybridized carbons (Fsp3) is 0.158. The maximum atomic E-state index is 12.3. The van der Waals surface area contributed by atoms with Crippen LogP contribution < -0.4 is 5.32 Å². The molecule has 0 saturated heterocycles. The van der Waals surface area contributed by atoms with Crippen molar-refractivity contribution < 1.29 is 14.3 Å². The highest BCUT2D eigenvalue weighted by Crippen LogP contribution is 2.19. The molecule has 1 aromatic heterocycles. The zero-order chi connectivity index (χ0) is 17.8. The number of halogens is 1. The first-order valence-electron chi connectivity index (χ1n) is 7.84. The summed E-state index contributed by atoms with van der Waals surface area (Å²) in [7, 11) is 0. The molecule has 0 radical (unpaired) electrons. The molecule has 1 amide bonds. The fourth-order valence-electron chi connectivity index (χ4n) is 2.49. The second-order valence-corrected chi connectivity index (χ2v) is 6.01. The van der Waals surface area contributed by atoms with E-state index in [1.54, 1.807) is 12.3 Å². The van der Waals surface area contributed by atoms with Gasteiger partial charge in [-0.3, -0.25) is 4.79 Å². The van der Waals surface area contributed by atoms with E-state index in [1.807, 2.05) is 42.5 Å². The van der Waals surface area contributed by atoms with Gasteiger partial charge in [-0.1, -0.05) is 48.0 Å². The van der Waals surface area contributed by atoms with E-state index in [1.165, 1.54) is 6.92 Å². The van der Waals surface area contributed by atoms with Gasteiger partial charge in [0.15, 0.2) is 6.10 Å². The van der Waals surface area contributed by atoms with Crippen LogP contribution in [-0.2, 0) is 16.1 Å². The maximum Gasteiger partial charge on any atom is 0.341 e. The lowest BCUT2D eigenvalue weighted by atomic mass is 10.2. The number of esters is 1. The molecule has 0 fully saturated rings. The number of carbonyl (C=O) groups is 2. The molecule has 0 unspecified atom stereocenters. The topological polar surface area (TPSA) is 71.2 Å². The first-order chi connectivity index (χ1) is 12.1. The number of rotatable bonds is 5. The van der Waals surface area contributed by atoms with Crippen LogP contribution >= 0.6 is 11.6 Å². The zero-order valence-corrected chi connectivity index (χ0v) is 14.3. The summed E-state index contributed by atoms with van der Waals surface area (Å²) in [5, 5.41) is 4.05. The van der Waals surface area contributed by atoms with Gasteiger partial charge in [-0.25, -0.2) is 4.79 Å². The van der Waals surface area contributed by atoms with E-state index >= 15 is 0 Å². The minimum Gasteiger partial charge on any atom is -0.449 e. The molecule has 0 aliphatic rings. The lowest BCUT2D eigenvalue weighted by Crippen LogP contribution is -2.35. The van der Waals surface area contributed by atoms with Crippen LogP contribution in [0.4, 0.5) is 0 Å². The largest absolute Gasteiger partial charge is 0.449 e. The van der Waals surface area contributed by atoms with E-state index in [-0.39, 0.29) is 12.5 Å². The molecule has 2 N–H and O–H groups in total. The van der Waals surface area contributed by atoms with Crippen molar-refractivity contribution in [3.8, 4) is 0 Å². The first kappa shape index (κ1) is 17.0. The molecule has 0 bridgehead atoms. The van der Waals surface area contributed by atoms with Gasteiger partial charge in [0.25, 0.3) is 5.91 Å². The molecule has 25 heavy (non-hydrogen) atoms. The Labute approximate surface area is 149 Å². The molecule has 0 saturated carbocycles. The number of aromatic amines is 1. The monoisotopic (exact) mass is 356 g/mol. The Bertz CT molecular complexity index is 920. The van der Waals surface area contributed by atoms with Crippen LogP contribution in [0.2, 0.25) is 5.02 Å². The third-order valence-corrected chi connectivity index (χ3v) is 4.24. The second-order valence-electron chi connectivity index (χ2n) is 5.60. The number of H-pyrrole nitrogens is 1. The number of aromatic nitrogens is 1. The Morgan fingerprint density at radius 1 is 1.16 bits per heavy atom. The minimum absolute atomic E-state index is 0.271. The van der Waals surface area contributed by atoms with Crippen LogP contribution in [-0.4, -0.2) is 23.0 Å². The Morgan fingerprint density at radius 3 is 2.68 bits per heavy atom. The van der Waals surface area contributed by atoms with Gasteiger partial charge in [0.05, 0.1) is 5.56 Å². The molecule has 0 aliphatic carbocycles. The lowest BCUT2D eigenvalue weighted by Gasteiger charge is -2.13. The second kappa shape index (κ2) is 7.40. The van der Waals surface area contributed by atoms with Crippen molar-refractivity contribution in [3.05, 3.63) is 70.9 Å². The predicted molar refractivity (Wildman–Crippen MR) is 96.5 cm³/mol. The van der Waals surface area contributed by atoms with E-state index in [0.717, 1.165) is 16.5 Å². The standard InChI is InChI=1S/C19H17ClN2O3/c1-12(18(23)22-10-13-6-2-4-8-16(13)20)25-19(24)15-11-21-17-9-5-3-7-14(15)17/h2-9,11-12,21H,10H2,1H3,(H,22,23)/t12-/m1/s1. The summed E-state index contributed by atoms with van der Waals surface area (Å²) in [5.41, 5.74) is 2.04. The van der Waals surface area contributed by atoms with Crippen molar-refractivity contribution in [2.24, 2.45) is 0 Å². The molecule has 128 valence electrons. The zero-order valence-electron chi connectivity index (χ0n) is 13.6. The summed E-state index contributed by atoms with van der Waals surface area (Å²) in [5.74, 6) is -0.925. The molecule has 3 aromatic rings. The third-order valence-electron chi connectivity index (χ3n) is 3.87. The molecule has 3 rings (SSSR count). The van der Waals surface area contributed by atoms with E-state index < -0.39 is 12.1 Å². The number of ether oxygens (including phenoxy) is 1. The number of fused-ring (bicyclic) bond motifs is 1. The molecule has 0 aliphatic heterocycles. The average molecular weight is 357 g/mol. The fourth-order valence-corrected chi connectivity index (χ4v) is 2.69. The van der Waals surface area contributed by atoms with E-state index in [4.69, 9.17) is 16.3 Å². The highest BCUT2D eigenvalue weighted by atomic mass is 35.5. The minimum atomic E-state index is -0.913. The summed E-state index contributed by atoms with van der Waals surface area (Å²) in [6, 6.07) is 14.6. The van der Waals surface area contributed by atoms with Crippen molar-refractivity contribution >= 4 is 34.4 Å². The molecule has 0 spiro atoms. The van der Waals surface area contributed by atoms with Crippen molar-refractivity contribution in [1.82, 2.24) is 10.3 Å². The van der Waals surface area contributed by atoms with Gasteiger partial charge in [-0.15, -0.1) is 0 Å². The molecule has 5 nitrogen and oxygen atoms in total. The first-order valence-corrected chi connectivity index (χ1v) is 8.22. The van der Waals surface area contributed by atoms with Crippen LogP contribution in [0.15, 0.2) is 54.7 Å². The van der Waals surface area contributed by atoms with Crippen LogP contribution in [0.1, 0.15) is 22.8 Å². The highest BCUT2D eigenvalue weighted by Gasteiger charge is 2.21. The number of hydrogen-bond donors (Lipinski definition) is 2. The number of hydrogen-bond acceptors (Lipinski definition) is 3. The number of amides is 1. The average Bonchev–Trinajstić information content (AvgIpc) is 3.05. The van der Waals surface area contributed by atoms with Crippen molar-refractivity contribution in [1.29, 1.82) is 0 Å². The molecule has 1 atom stereocenters. The van der Waals surface area contributed by atoms with Gasteiger partial charge in [-0.05, 0) is 24.6 Å². The van der Waals surface area contributed by atoms with Crippen molar-refractivity contribution in [3.63, 3.8) is 0 Å². The van der Waals surface area contributed by atoms with Crippen molar-refractivity contribution in [2.45, 2.75) is 19.6 Å². The Morgan fingerprint density at radius 2 is 1.88 bits per heavy atom. The van der Waals surface area contributed by atoms with E-state index in [2.05, 4.69) is 10.3 Å². The summed E-state index contributed by atoms with van der Waals surface area (Å²) in [6.07, 6.45) is 0.671. The summed E-state index contributed by atoms with van der Waals surface area (Å²) >= 11 is 6.05. The van der Waals surface area contributed by atoms with E-state index in [9.17, 15) is 9.59 Å². The Balaban J connectivity index is 1.61. The Kier molecular flexibility index (Phi) is 5.05. The maximum absolute atomic E-state index is 12.3. The summed E-state index contributed by atoms with van der Waals surface area (Å²) in [4.78, 5) is 27.5. The SMILES string of the molecule is C[C@@H](OC(=O)c1c[nH]c2ccccc12)C(=O)NCc1ccccc1Cl.